The second-order valence-corrected chi connectivity index (χ2v) is 4.40. The van der Waals surface area contributed by atoms with Gasteiger partial charge < -0.3 is 20.0 Å². The number of carboxylic acids is 1. The minimum atomic E-state index is -1.15. The highest BCUT2D eigenvalue weighted by atomic mass is 16.6. The van der Waals surface area contributed by atoms with Gasteiger partial charge in [-0.15, -0.1) is 0 Å². The van der Waals surface area contributed by atoms with Gasteiger partial charge in [0, 0.05) is 19.1 Å². The summed E-state index contributed by atoms with van der Waals surface area (Å²) < 4.78 is 5.38. The van der Waals surface area contributed by atoms with Crippen LogP contribution >= 0.6 is 0 Å². The fraction of sp³-hybridized carbons (Fsp3) is 0.727. The third-order valence-electron chi connectivity index (χ3n) is 3.05. The summed E-state index contributed by atoms with van der Waals surface area (Å²) in [5, 5.41) is 14.8. The van der Waals surface area contributed by atoms with Crippen LogP contribution in [0.5, 0.6) is 0 Å². The van der Waals surface area contributed by atoms with Crippen LogP contribution in [0.1, 0.15) is 26.2 Å². The van der Waals surface area contributed by atoms with Gasteiger partial charge in [0.25, 0.3) is 5.91 Å². The van der Waals surface area contributed by atoms with E-state index in [9.17, 15) is 9.59 Å². The lowest BCUT2D eigenvalue weighted by Crippen LogP contribution is -2.50. The normalized spacial score (nSPS) is 30.1. The molecule has 0 aromatic carbocycles. The number of nitrogens with zero attached hydrogens (tertiary/aromatic N) is 1. The van der Waals surface area contributed by atoms with Crippen LogP contribution in [0.2, 0.25) is 0 Å². The van der Waals surface area contributed by atoms with Crippen molar-refractivity contribution in [3.8, 4) is 0 Å². The Balaban J connectivity index is 1.70. The number of hydrogen-bond donors (Lipinski definition) is 2. The van der Waals surface area contributed by atoms with Crippen LogP contribution in [0.25, 0.3) is 0 Å². The molecule has 0 radical (unpaired) electrons. The zero-order valence-electron chi connectivity index (χ0n) is 10.1. The lowest BCUT2D eigenvalue weighted by molar-refractivity contribution is -0.133. The van der Waals surface area contributed by atoms with Crippen molar-refractivity contribution >= 4 is 17.6 Å². The molecule has 2 aliphatic rings. The van der Waals surface area contributed by atoms with Gasteiger partial charge >= 0.3 is 5.97 Å². The van der Waals surface area contributed by atoms with E-state index in [0.29, 0.717) is 6.61 Å². The van der Waals surface area contributed by atoms with E-state index in [-0.39, 0.29) is 30.2 Å². The van der Waals surface area contributed by atoms with Crippen molar-refractivity contribution in [3.05, 3.63) is 0 Å². The summed E-state index contributed by atoms with van der Waals surface area (Å²) in [4.78, 5) is 27.1. The van der Waals surface area contributed by atoms with Gasteiger partial charge in [0.2, 0.25) is 6.10 Å². The van der Waals surface area contributed by atoms with E-state index in [1.807, 2.05) is 6.92 Å². The van der Waals surface area contributed by atoms with Crippen LogP contribution < -0.4 is 5.32 Å². The second-order valence-electron chi connectivity index (χ2n) is 4.40. The van der Waals surface area contributed by atoms with E-state index in [1.54, 1.807) is 0 Å². The molecule has 1 saturated carbocycles. The lowest BCUT2D eigenvalue weighted by Gasteiger charge is -2.35. The number of nitrogens with one attached hydrogen (secondary N) is 1. The SMILES string of the molecule is CCOC1CC(NC(=O)C2CC(C(=O)O)=NO2)C1. The molecule has 18 heavy (non-hydrogen) atoms. The molecule has 1 heterocycles. The minimum absolute atomic E-state index is 0.0166. The van der Waals surface area contributed by atoms with E-state index in [0.717, 1.165) is 12.8 Å². The molecule has 1 unspecified atom stereocenters. The molecule has 100 valence electrons. The third kappa shape index (κ3) is 2.79. The molecule has 1 aliphatic heterocycles. The average Bonchev–Trinajstić information content (AvgIpc) is 2.75. The van der Waals surface area contributed by atoms with Crippen LogP contribution in [0.4, 0.5) is 0 Å². The number of carboxylic acid groups (broad SMARTS) is 1. The van der Waals surface area contributed by atoms with Gasteiger partial charge in [-0.25, -0.2) is 4.79 Å². The summed E-state index contributed by atoms with van der Waals surface area (Å²) in [6, 6.07) is 0.0894. The maximum absolute atomic E-state index is 11.7. The number of carbonyl (C=O) groups excluding carboxylic acids is 1. The van der Waals surface area contributed by atoms with Crippen LogP contribution in [0, 0.1) is 0 Å². The molecular weight excluding hydrogens is 240 g/mol. The molecule has 0 bridgehead atoms. The Hall–Kier alpha value is -1.63. The number of amides is 1. The standard InChI is InChI=1S/C11H16N2O5/c1-2-17-7-3-6(4-7)12-10(14)9-5-8(11(15)16)13-18-9/h6-7,9H,2-5H2,1H3,(H,12,14)(H,15,16). The Labute approximate surface area is 104 Å². The first kappa shape index (κ1) is 12.8. The number of aliphatic carboxylic acids is 1. The van der Waals surface area contributed by atoms with Crippen molar-refractivity contribution in [2.75, 3.05) is 6.61 Å². The molecule has 7 heteroatoms. The fourth-order valence-electron chi connectivity index (χ4n) is 1.99. The molecule has 0 spiro atoms. The Morgan fingerprint density at radius 2 is 2.28 bits per heavy atom. The largest absolute Gasteiger partial charge is 0.477 e. The average molecular weight is 256 g/mol. The summed E-state index contributed by atoms with van der Waals surface area (Å²) >= 11 is 0. The highest BCUT2D eigenvalue weighted by Crippen LogP contribution is 2.23. The number of ether oxygens (including phenoxy) is 1. The number of hydrogen-bond acceptors (Lipinski definition) is 5. The summed E-state index contributed by atoms with van der Waals surface area (Å²) in [6.07, 6.45) is 0.999. The second kappa shape index (κ2) is 5.34. The van der Waals surface area contributed by atoms with Crippen molar-refractivity contribution in [2.24, 2.45) is 5.16 Å². The summed E-state index contributed by atoms with van der Waals surface area (Å²) in [5.74, 6) is -1.46. The lowest BCUT2D eigenvalue weighted by atomic mass is 9.89. The molecule has 0 aromatic heterocycles. The Morgan fingerprint density at radius 1 is 1.56 bits per heavy atom. The highest BCUT2D eigenvalue weighted by molar-refractivity contribution is 6.36. The summed E-state index contributed by atoms with van der Waals surface area (Å²) in [7, 11) is 0. The Kier molecular flexibility index (Phi) is 3.81. The smallest absolute Gasteiger partial charge is 0.353 e. The van der Waals surface area contributed by atoms with Crippen LogP contribution in [0.3, 0.4) is 0 Å². The van der Waals surface area contributed by atoms with Gasteiger partial charge in [-0.3, -0.25) is 4.79 Å². The first-order valence-corrected chi connectivity index (χ1v) is 5.98. The number of rotatable bonds is 5. The van der Waals surface area contributed by atoms with Gasteiger partial charge in [0.05, 0.1) is 6.10 Å². The molecule has 7 nitrogen and oxygen atoms in total. The monoisotopic (exact) mass is 256 g/mol. The Bertz CT molecular complexity index is 376. The van der Waals surface area contributed by atoms with Gasteiger partial charge in [0.15, 0.2) is 5.71 Å². The first-order valence-electron chi connectivity index (χ1n) is 5.98. The van der Waals surface area contributed by atoms with Crippen molar-refractivity contribution in [2.45, 2.75) is 44.4 Å². The van der Waals surface area contributed by atoms with Crippen molar-refractivity contribution in [3.63, 3.8) is 0 Å². The van der Waals surface area contributed by atoms with Crippen molar-refractivity contribution in [1.82, 2.24) is 5.32 Å². The van der Waals surface area contributed by atoms with Gasteiger partial charge in [-0.1, -0.05) is 5.16 Å². The molecule has 1 fully saturated rings. The third-order valence-corrected chi connectivity index (χ3v) is 3.05. The number of oxime groups is 1. The van der Waals surface area contributed by atoms with Crippen LogP contribution in [-0.4, -0.2) is 47.6 Å². The summed E-state index contributed by atoms with van der Waals surface area (Å²) in [5.41, 5.74) is -0.115. The molecule has 1 amide bonds. The van der Waals surface area contributed by atoms with Crippen LogP contribution in [0.15, 0.2) is 5.16 Å². The quantitative estimate of drug-likeness (QED) is 0.716. The molecule has 2 N–H and O–H groups in total. The maximum atomic E-state index is 11.7. The van der Waals surface area contributed by atoms with E-state index in [1.165, 1.54) is 0 Å². The predicted molar refractivity (Wildman–Crippen MR) is 61.1 cm³/mol. The zero-order chi connectivity index (χ0) is 13.1. The zero-order valence-corrected chi connectivity index (χ0v) is 10.1. The van der Waals surface area contributed by atoms with Gasteiger partial charge in [0.1, 0.15) is 0 Å². The topological polar surface area (TPSA) is 97.2 Å². The maximum Gasteiger partial charge on any atom is 0.353 e. The van der Waals surface area contributed by atoms with E-state index < -0.39 is 12.1 Å². The van der Waals surface area contributed by atoms with E-state index in [2.05, 4.69) is 10.5 Å². The Morgan fingerprint density at radius 3 is 2.83 bits per heavy atom. The predicted octanol–water partition coefficient (Wildman–Crippen LogP) is -0.100. The van der Waals surface area contributed by atoms with E-state index >= 15 is 0 Å². The molecule has 0 aromatic rings. The van der Waals surface area contributed by atoms with Crippen molar-refractivity contribution in [1.29, 1.82) is 0 Å². The fourth-order valence-corrected chi connectivity index (χ4v) is 1.99. The molecule has 1 aliphatic carbocycles. The highest BCUT2D eigenvalue weighted by Gasteiger charge is 2.36. The minimum Gasteiger partial charge on any atom is -0.477 e. The first-order chi connectivity index (χ1) is 8.60. The van der Waals surface area contributed by atoms with Crippen molar-refractivity contribution < 1.29 is 24.3 Å². The van der Waals surface area contributed by atoms with Gasteiger partial charge in [-0.05, 0) is 19.8 Å². The molecular formula is C11H16N2O5. The molecule has 1 atom stereocenters. The van der Waals surface area contributed by atoms with Crippen LogP contribution in [-0.2, 0) is 19.2 Å². The molecule has 0 saturated heterocycles. The van der Waals surface area contributed by atoms with E-state index in [4.69, 9.17) is 14.7 Å². The molecule has 2 rings (SSSR count). The summed E-state index contributed by atoms with van der Waals surface area (Å²) in [6.45, 7) is 2.61. The number of carbonyl (C=O) groups is 2. The van der Waals surface area contributed by atoms with Gasteiger partial charge in [-0.2, -0.15) is 0 Å².